The van der Waals surface area contributed by atoms with Crippen LogP contribution < -0.4 is 0 Å². The standard InChI is InChI=1S/C28H38N2O2/c1-3-5-7-9-11-27(31)32-26-18-16-24(17-19-26)23-12-14-25(15-13-23)28-29-20-22(21-30-28)10-8-6-4-2/h9,11-15,20-21,24,26H,3-8,10,16-19H2,1-2H3/b11-9+. The summed E-state index contributed by atoms with van der Waals surface area (Å²) in [5.41, 5.74) is 3.63. The van der Waals surface area contributed by atoms with Gasteiger partial charge in [-0.25, -0.2) is 14.8 Å². The maximum Gasteiger partial charge on any atom is 0.330 e. The lowest BCUT2D eigenvalue weighted by molar-refractivity contribution is -0.144. The Labute approximate surface area is 193 Å². The molecular weight excluding hydrogens is 396 g/mol. The monoisotopic (exact) mass is 434 g/mol. The Morgan fingerprint density at radius 2 is 1.66 bits per heavy atom. The number of allylic oxidation sites excluding steroid dienone is 1. The molecule has 0 N–H and O–H groups in total. The summed E-state index contributed by atoms with van der Waals surface area (Å²) in [5, 5.41) is 0. The molecule has 0 atom stereocenters. The Morgan fingerprint density at radius 3 is 2.31 bits per heavy atom. The number of aryl methyl sites for hydroxylation is 1. The minimum absolute atomic E-state index is 0.0538. The molecule has 0 amide bonds. The van der Waals surface area contributed by atoms with Crippen molar-refractivity contribution >= 4 is 5.97 Å². The highest BCUT2D eigenvalue weighted by Gasteiger charge is 2.24. The fraction of sp³-hybridized carbons (Fsp3) is 0.536. The summed E-state index contributed by atoms with van der Waals surface area (Å²) in [7, 11) is 0. The molecule has 0 unspecified atom stereocenters. The molecule has 1 aromatic carbocycles. The number of carbonyl (C=O) groups is 1. The van der Waals surface area contributed by atoms with Gasteiger partial charge in [0.25, 0.3) is 0 Å². The van der Waals surface area contributed by atoms with E-state index in [0.717, 1.165) is 62.8 Å². The number of nitrogens with zero attached hydrogens (tertiary/aromatic N) is 2. The SMILES string of the molecule is CCCC/C=C/C(=O)OC1CCC(c2ccc(-c3ncc(CCCCC)cn3)cc2)CC1. The number of unbranched alkanes of at least 4 members (excludes halogenated alkanes) is 4. The second-order valence-corrected chi connectivity index (χ2v) is 8.95. The molecule has 1 aliphatic rings. The second-order valence-electron chi connectivity index (χ2n) is 8.95. The minimum Gasteiger partial charge on any atom is -0.459 e. The van der Waals surface area contributed by atoms with Crippen molar-refractivity contribution in [3.63, 3.8) is 0 Å². The van der Waals surface area contributed by atoms with E-state index in [1.165, 1.54) is 30.4 Å². The Bertz CT molecular complexity index is 835. The van der Waals surface area contributed by atoms with Gasteiger partial charge in [-0.05, 0) is 62.0 Å². The molecular formula is C28H38N2O2. The molecule has 1 saturated carbocycles. The van der Waals surface area contributed by atoms with E-state index in [0.29, 0.717) is 5.92 Å². The summed E-state index contributed by atoms with van der Waals surface area (Å²) in [6.45, 7) is 4.37. The van der Waals surface area contributed by atoms with Crippen LogP contribution in [0.5, 0.6) is 0 Å². The highest BCUT2D eigenvalue weighted by atomic mass is 16.5. The fourth-order valence-electron chi connectivity index (χ4n) is 4.34. The van der Waals surface area contributed by atoms with E-state index in [9.17, 15) is 4.79 Å². The molecule has 1 aliphatic carbocycles. The zero-order valence-corrected chi connectivity index (χ0v) is 19.8. The first-order chi connectivity index (χ1) is 15.7. The zero-order valence-electron chi connectivity index (χ0n) is 19.8. The summed E-state index contributed by atoms with van der Waals surface area (Å²) in [6, 6.07) is 8.69. The van der Waals surface area contributed by atoms with E-state index in [1.54, 1.807) is 6.08 Å². The van der Waals surface area contributed by atoms with Crippen LogP contribution in [-0.2, 0) is 16.0 Å². The molecule has 0 aliphatic heterocycles. The molecule has 0 radical (unpaired) electrons. The van der Waals surface area contributed by atoms with Gasteiger partial charge in [0.15, 0.2) is 5.82 Å². The molecule has 1 heterocycles. The van der Waals surface area contributed by atoms with Gasteiger partial charge in [-0.3, -0.25) is 0 Å². The van der Waals surface area contributed by atoms with Crippen LogP contribution in [0, 0.1) is 0 Å². The van der Waals surface area contributed by atoms with Crippen LogP contribution in [-0.4, -0.2) is 22.0 Å². The van der Waals surface area contributed by atoms with Crippen molar-refractivity contribution in [1.82, 2.24) is 9.97 Å². The Kier molecular flexibility index (Phi) is 9.93. The van der Waals surface area contributed by atoms with Gasteiger partial charge >= 0.3 is 5.97 Å². The molecule has 2 aromatic rings. The smallest absolute Gasteiger partial charge is 0.330 e. The molecule has 172 valence electrons. The molecule has 0 spiro atoms. The molecule has 4 nitrogen and oxygen atoms in total. The van der Waals surface area contributed by atoms with Crippen LogP contribution in [0.4, 0.5) is 0 Å². The average Bonchev–Trinajstić information content (AvgIpc) is 2.83. The van der Waals surface area contributed by atoms with Crippen LogP contribution in [0.1, 0.15) is 95.1 Å². The first-order valence-electron chi connectivity index (χ1n) is 12.5. The number of ether oxygens (including phenoxy) is 1. The highest BCUT2D eigenvalue weighted by molar-refractivity contribution is 5.82. The fourth-order valence-corrected chi connectivity index (χ4v) is 4.34. The average molecular weight is 435 g/mol. The lowest BCUT2D eigenvalue weighted by Crippen LogP contribution is -2.23. The number of hydrogen-bond donors (Lipinski definition) is 0. The number of hydrogen-bond acceptors (Lipinski definition) is 4. The van der Waals surface area contributed by atoms with Crippen molar-refractivity contribution in [3.05, 3.63) is 59.9 Å². The number of aromatic nitrogens is 2. The summed E-state index contributed by atoms with van der Waals surface area (Å²) in [5.74, 6) is 1.13. The van der Waals surface area contributed by atoms with Gasteiger partial charge in [-0.15, -0.1) is 0 Å². The van der Waals surface area contributed by atoms with Crippen LogP contribution in [0.2, 0.25) is 0 Å². The van der Waals surface area contributed by atoms with Crippen molar-refractivity contribution in [1.29, 1.82) is 0 Å². The third kappa shape index (κ3) is 7.58. The third-order valence-corrected chi connectivity index (χ3v) is 6.35. The molecule has 1 aromatic heterocycles. The highest BCUT2D eigenvalue weighted by Crippen LogP contribution is 2.34. The van der Waals surface area contributed by atoms with Crippen LogP contribution in [0.25, 0.3) is 11.4 Å². The van der Waals surface area contributed by atoms with E-state index in [-0.39, 0.29) is 12.1 Å². The molecule has 0 bridgehead atoms. The third-order valence-electron chi connectivity index (χ3n) is 6.35. The van der Waals surface area contributed by atoms with Crippen molar-refractivity contribution in [2.75, 3.05) is 0 Å². The number of rotatable bonds is 11. The lowest BCUT2D eigenvalue weighted by Gasteiger charge is -2.28. The molecule has 1 fully saturated rings. The predicted octanol–water partition coefficient (Wildman–Crippen LogP) is 7.19. The maximum atomic E-state index is 12.0. The summed E-state index contributed by atoms with van der Waals surface area (Å²) in [4.78, 5) is 21.1. The second kappa shape index (κ2) is 13.1. The Hall–Kier alpha value is -2.49. The normalized spacial score (nSPS) is 18.7. The number of esters is 1. The molecule has 3 rings (SSSR count). The molecule has 4 heteroatoms. The van der Waals surface area contributed by atoms with Gasteiger partial charge in [0.1, 0.15) is 6.10 Å². The van der Waals surface area contributed by atoms with Gasteiger partial charge in [0.05, 0.1) is 0 Å². The zero-order chi connectivity index (χ0) is 22.6. The molecule has 32 heavy (non-hydrogen) atoms. The Balaban J connectivity index is 1.46. The van der Waals surface area contributed by atoms with Gasteiger partial charge in [0.2, 0.25) is 0 Å². The van der Waals surface area contributed by atoms with Crippen molar-refractivity contribution in [2.24, 2.45) is 0 Å². The van der Waals surface area contributed by atoms with Crippen molar-refractivity contribution in [3.8, 4) is 11.4 Å². The van der Waals surface area contributed by atoms with Gasteiger partial charge in [0, 0.05) is 24.0 Å². The van der Waals surface area contributed by atoms with Crippen molar-refractivity contribution < 1.29 is 9.53 Å². The van der Waals surface area contributed by atoms with Crippen LogP contribution in [0.15, 0.2) is 48.8 Å². The van der Waals surface area contributed by atoms with E-state index in [4.69, 9.17) is 4.74 Å². The van der Waals surface area contributed by atoms with E-state index < -0.39 is 0 Å². The largest absolute Gasteiger partial charge is 0.459 e. The van der Waals surface area contributed by atoms with Crippen LogP contribution in [0.3, 0.4) is 0 Å². The van der Waals surface area contributed by atoms with E-state index in [1.807, 2.05) is 18.5 Å². The molecule has 0 saturated heterocycles. The predicted molar refractivity (Wildman–Crippen MR) is 130 cm³/mol. The quantitative estimate of drug-likeness (QED) is 0.213. The van der Waals surface area contributed by atoms with Gasteiger partial charge in [-0.1, -0.05) is 69.9 Å². The van der Waals surface area contributed by atoms with Crippen LogP contribution >= 0.6 is 0 Å². The maximum absolute atomic E-state index is 12.0. The summed E-state index contributed by atoms with van der Waals surface area (Å²) >= 11 is 0. The van der Waals surface area contributed by atoms with E-state index >= 15 is 0 Å². The first-order valence-corrected chi connectivity index (χ1v) is 12.5. The number of benzene rings is 1. The lowest BCUT2D eigenvalue weighted by atomic mass is 9.82. The van der Waals surface area contributed by atoms with Crippen molar-refractivity contribution in [2.45, 2.75) is 96.5 Å². The Morgan fingerprint density at radius 1 is 0.969 bits per heavy atom. The topological polar surface area (TPSA) is 52.1 Å². The summed E-state index contributed by atoms with van der Waals surface area (Å²) < 4.78 is 5.63. The first kappa shape index (κ1) is 24.2. The van der Waals surface area contributed by atoms with Gasteiger partial charge < -0.3 is 4.74 Å². The minimum atomic E-state index is -0.190. The van der Waals surface area contributed by atoms with E-state index in [2.05, 4.69) is 48.1 Å². The number of carbonyl (C=O) groups excluding carboxylic acids is 1. The summed E-state index contributed by atoms with van der Waals surface area (Å²) in [6.07, 6.45) is 19.4. The van der Waals surface area contributed by atoms with Gasteiger partial charge in [-0.2, -0.15) is 0 Å².